The third-order valence-corrected chi connectivity index (χ3v) is 9.88. The number of aromatic nitrogens is 5. The van der Waals surface area contributed by atoms with Gasteiger partial charge in [0.05, 0.1) is 18.3 Å². The molecule has 4 heterocycles. The molecule has 2 aliphatic heterocycles. The maximum atomic E-state index is 12.9. The highest BCUT2D eigenvalue weighted by atomic mass is 32.2. The molecule has 0 aromatic carbocycles. The Morgan fingerprint density at radius 1 is 1.48 bits per heavy atom. The van der Waals surface area contributed by atoms with Crippen LogP contribution in [0, 0.1) is 0 Å². The number of nitrogens with zero attached hydrogens (tertiary/aromatic N) is 7. The van der Waals surface area contributed by atoms with Crippen LogP contribution in [0.4, 0.5) is 5.13 Å². The van der Waals surface area contributed by atoms with Crippen LogP contribution in [0.2, 0.25) is 0 Å². The Labute approximate surface area is 202 Å². The van der Waals surface area contributed by atoms with Crippen LogP contribution in [0.15, 0.2) is 15.7 Å². The molecule has 14 nitrogen and oxygen atoms in total. The van der Waals surface area contributed by atoms with Crippen LogP contribution in [0.1, 0.15) is 12.1 Å². The fourth-order valence-corrected chi connectivity index (χ4v) is 7.94. The van der Waals surface area contributed by atoms with E-state index in [0.717, 1.165) is 23.1 Å². The second-order valence-corrected chi connectivity index (χ2v) is 11.7. The van der Waals surface area contributed by atoms with Crippen LogP contribution in [-0.4, -0.2) is 91.0 Å². The van der Waals surface area contributed by atoms with Gasteiger partial charge in [0, 0.05) is 17.5 Å². The molecule has 176 valence electrons. The van der Waals surface area contributed by atoms with Gasteiger partial charge in [-0.05, 0) is 10.4 Å². The minimum absolute atomic E-state index is 0.0673. The Morgan fingerprint density at radius 3 is 2.85 bits per heavy atom. The number of anilines is 1. The van der Waals surface area contributed by atoms with Crippen molar-refractivity contribution in [2.45, 2.75) is 27.1 Å². The lowest BCUT2D eigenvalue weighted by Crippen LogP contribution is -2.69. The molecule has 2 fully saturated rings. The van der Waals surface area contributed by atoms with E-state index in [-0.39, 0.29) is 45.9 Å². The summed E-state index contributed by atoms with van der Waals surface area (Å²) in [5, 5.41) is 37.6. The molecule has 2 unspecified atom stereocenters. The van der Waals surface area contributed by atoms with E-state index in [9.17, 15) is 24.7 Å². The molecule has 33 heavy (non-hydrogen) atoms. The van der Waals surface area contributed by atoms with Gasteiger partial charge in [0.2, 0.25) is 11.1 Å². The Balaban J connectivity index is 1.57. The quantitative estimate of drug-likeness (QED) is 0.0847. The number of nitrogens with two attached hydrogens (primary N) is 1. The number of thiazole rings is 1. The van der Waals surface area contributed by atoms with E-state index in [1.165, 1.54) is 38.5 Å². The van der Waals surface area contributed by atoms with Gasteiger partial charge in [0.25, 0.3) is 5.91 Å². The number of carboxylic acids is 1. The summed E-state index contributed by atoms with van der Waals surface area (Å²) in [6, 6.07) is 0. The van der Waals surface area contributed by atoms with E-state index in [4.69, 9.17) is 5.73 Å². The number of tetrazole rings is 1. The van der Waals surface area contributed by atoms with Crippen LogP contribution in [-0.2, 0) is 21.4 Å². The average Bonchev–Trinajstić information content (AvgIpc) is 3.37. The molecule has 0 saturated carbocycles. The number of hydrogen-bond acceptors (Lipinski definition) is 14. The van der Waals surface area contributed by atoms with E-state index in [0.29, 0.717) is 5.16 Å². The first-order valence-corrected chi connectivity index (χ1v) is 13.0. The van der Waals surface area contributed by atoms with Gasteiger partial charge in [-0.3, -0.25) is 14.4 Å². The van der Waals surface area contributed by atoms with E-state index >= 15 is 0 Å². The van der Waals surface area contributed by atoms with Crippen molar-refractivity contribution in [3.8, 4) is 0 Å². The highest BCUT2D eigenvalue weighted by Gasteiger charge is 2.58. The Bertz CT molecular complexity index is 1120. The van der Waals surface area contributed by atoms with Crippen molar-refractivity contribution in [3.05, 3.63) is 11.1 Å². The maximum Gasteiger partial charge on any atom is 0.324 e. The number of nitrogens with one attached hydrogen (secondary N) is 1. The highest BCUT2D eigenvalue weighted by Crippen LogP contribution is 2.48. The van der Waals surface area contributed by atoms with Gasteiger partial charge in [-0.25, -0.2) is 9.67 Å². The third-order valence-electron chi connectivity index (χ3n) is 4.93. The Kier molecular flexibility index (Phi) is 6.68. The van der Waals surface area contributed by atoms with Crippen molar-refractivity contribution in [3.63, 3.8) is 0 Å². The topological polar surface area (TPSA) is 202 Å². The van der Waals surface area contributed by atoms with E-state index in [1.807, 2.05) is 0 Å². The summed E-state index contributed by atoms with van der Waals surface area (Å²) >= 11 is 4.52. The van der Waals surface area contributed by atoms with Crippen molar-refractivity contribution < 1.29 is 24.7 Å². The summed E-state index contributed by atoms with van der Waals surface area (Å²) in [4.78, 5) is 43.0. The first-order valence-electron chi connectivity index (χ1n) is 9.17. The van der Waals surface area contributed by atoms with Crippen molar-refractivity contribution in [2.75, 3.05) is 17.4 Å². The molecule has 2 aromatic heterocycles. The SMILES string of the molecule is Cn1nnnc1SCSC1(C(=O)O)CN2C(=O)C[C@H]2SC1NC(=O)C(=NO)c1csc(N)n1. The number of oxime groups is 1. The molecular formula is C15H17N9O5S4. The molecule has 5 N–H and O–H groups in total. The van der Waals surface area contributed by atoms with Crippen molar-refractivity contribution in [1.29, 1.82) is 0 Å². The smallest absolute Gasteiger partial charge is 0.324 e. The second kappa shape index (κ2) is 9.35. The number of hydrogen-bond donors (Lipinski definition) is 4. The molecule has 4 rings (SSSR count). The summed E-state index contributed by atoms with van der Waals surface area (Å²) in [7, 11) is 1.66. The van der Waals surface area contributed by atoms with E-state index < -0.39 is 22.0 Å². The number of carbonyl (C=O) groups is 3. The van der Waals surface area contributed by atoms with Crippen molar-refractivity contribution in [2.24, 2.45) is 12.2 Å². The average molecular weight is 532 g/mol. The fourth-order valence-electron chi connectivity index (χ4n) is 3.18. The predicted molar refractivity (Wildman–Crippen MR) is 122 cm³/mol. The number of rotatable bonds is 8. The molecule has 18 heteroatoms. The molecule has 0 bridgehead atoms. The molecule has 0 aliphatic carbocycles. The zero-order valence-electron chi connectivity index (χ0n) is 16.8. The number of thioether (sulfide) groups is 3. The first-order chi connectivity index (χ1) is 15.7. The highest BCUT2D eigenvalue weighted by molar-refractivity contribution is 8.17. The number of aliphatic carboxylic acids is 1. The van der Waals surface area contributed by atoms with Crippen LogP contribution in [0.25, 0.3) is 0 Å². The molecule has 3 atom stereocenters. The Hall–Kier alpha value is -2.57. The molecule has 2 saturated heterocycles. The lowest BCUT2D eigenvalue weighted by Gasteiger charge is -2.53. The summed E-state index contributed by atoms with van der Waals surface area (Å²) in [5.74, 6) is -2.15. The summed E-state index contributed by atoms with van der Waals surface area (Å²) in [5.41, 5.74) is 5.27. The summed E-state index contributed by atoms with van der Waals surface area (Å²) in [6.07, 6.45) is 0.250. The normalized spacial score (nSPS) is 24.8. The fraction of sp³-hybridized carbons (Fsp3) is 0.467. The second-order valence-electron chi connectivity index (χ2n) is 6.88. The van der Waals surface area contributed by atoms with Gasteiger partial charge in [0.15, 0.2) is 15.6 Å². The van der Waals surface area contributed by atoms with Gasteiger partial charge in [-0.2, -0.15) is 0 Å². The number of carboxylic acid groups (broad SMARTS) is 1. The number of nitrogen functional groups attached to an aromatic ring is 1. The predicted octanol–water partition coefficient (Wildman–Crippen LogP) is -0.519. The zero-order chi connectivity index (χ0) is 23.8. The zero-order valence-corrected chi connectivity index (χ0v) is 20.1. The largest absolute Gasteiger partial charge is 0.480 e. The van der Waals surface area contributed by atoms with E-state index in [1.54, 1.807) is 7.05 Å². The van der Waals surface area contributed by atoms with E-state index in [2.05, 4.69) is 31.0 Å². The van der Waals surface area contributed by atoms with Crippen molar-refractivity contribution >= 4 is 75.2 Å². The molecule has 0 spiro atoms. The monoisotopic (exact) mass is 531 g/mol. The maximum absolute atomic E-state index is 12.9. The third kappa shape index (κ3) is 4.46. The number of aryl methyl sites for hydroxylation is 1. The standard InChI is InChI=1S/C15H17N9O5S4/c1-23-14(19-21-22-23)31-5-32-15(12(27)28)4-24-7(25)2-8(24)33-11(15)18-10(26)9(20-29)6-3-30-13(16)17-6/h3,8,11,29H,2,4-5H2,1H3,(H2,16,17)(H,18,26)(H,27,28)/t8-,11?,15?/m1/s1. The van der Waals surface area contributed by atoms with Gasteiger partial charge in [-0.15, -0.1) is 40.0 Å². The van der Waals surface area contributed by atoms with Gasteiger partial charge in [-0.1, -0.05) is 16.9 Å². The van der Waals surface area contributed by atoms with Crippen LogP contribution >= 0.6 is 46.6 Å². The minimum atomic E-state index is -1.58. The Morgan fingerprint density at radius 2 is 2.27 bits per heavy atom. The molecule has 2 amide bonds. The first kappa shape index (κ1) is 23.6. The summed E-state index contributed by atoms with van der Waals surface area (Å²) in [6.45, 7) is -0.0959. The van der Waals surface area contributed by atoms with Gasteiger partial charge >= 0.3 is 5.97 Å². The molecule has 2 aromatic rings. The van der Waals surface area contributed by atoms with Crippen LogP contribution in [0.3, 0.4) is 0 Å². The van der Waals surface area contributed by atoms with Gasteiger partial charge < -0.3 is 26.3 Å². The summed E-state index contributed by atoms with van der Waals surface area (Å²) < 4.78 is -0.125. The van der Waals surface area contributed by atoms with Crippen LogP contribution < -0.4 is 11.1 Å². The number of amides is 2. The van der Waals surface area contributed by atoms with Crippen molar-refractivity contribution in [1.82, 2.24) is 35.4 Å². The lowest BCUT2D eigenvalue weighted by molar-refractivity contribution is -0.147. The number of β-lactam (4-membered cyclic amide) rings is 1. The minimum Gasteiger partial charge on any atom is -0.480 e. The molecule has 0 radical (unpaired) electrons. The molecular weight excluding hydrogens is 514 g/mol. The number of fused-ring (bicyclic) bond motifs is 1. The molecule has 2 aliphatic rings. The number of carbonyl (C=O) groups excluding carboxylic acids is 2. The van der Waals surface area contributed by atoms with Crippen LogP contribution in [0.5, 0.6) is 0 Å². The van der Waals surface area contributed by atoms with Gasteiger partial charge in [0.1, 0.15) is 11.1 Å². The lowest BCUT2D eigenvalue weighted by atomic mass is 10.0.